The molecule has 41 heavy (non-hydrogen) atoms. The lowest BCUT2D eigenvalue weighted by atomic mass is 9.50. The van der Waals surface area contributed by atoms with Crippen LogP contribution in [0.3, 0.4) is 0 Å². The smallest absolute Gasteiger partial charge is 0.287 e. The molecule has 5 rings (SSSR count). The number of thiazole rings is 1. The predicted octanol–water partition coefficient (Wildman–Crippen LogP) is 0.154. The van der Waals surface area contributed by atoms with E-state index in [9.17, 15) is 33.6 Å². The summed E-state index contributed by atoms with van der Waals surface area (Å²) in [5.74, 6) is -3.10. The highest BCUT2D eigenvalue weighted by atomic mass is 32.1. The van der Waals surface area contributed by atoms with Crippen LogP contribution >= 0.6 is 11.3 Å². The topological polar surface area (TPSA) is 197 Å². The number of carbonyl (C=O) groups excluding carboxylic acids is 6. The summed E-state index contributed by atoms with van der Waals surface area (Å²) in [7, 11) is 0. The van der Waals surface area contributed by atoms with E-state index < -0.39 is 35.1 Å². The summed E-state index contributed by atoms with van der Waals surface area (Å²) in [6.45, 7) is 2.96. The predicted molar refractivity (Wildman–Crippen MR) is 148 cm³/mol. The highest BCUT2D eigenvalue weighted by Gasteiger charge is 2.57. The summed E-state index contributed by atoms with van der Waals surface area (Å²) in [5.41, 5.74) is -0.898. The van der Waals surface area contributed by atoms with Crippen molar-refractivity contribution in [2.45, 2.75) is 64.1 Å². The van der Waals surface area contributed by atoms with Gasteiger partial charge in [-0.3, -0.25) is 33.6 Å². The number of likely N-dealkylation sites (N-methyl/N-ethyl adjacent to an activating group) is 1. The van der Waals surface area contributed by atoms with Crippen molar-refractivity contribution in [3.63, 3.8) is 0 Å². The van der Waals surface area contributed by atoms with Gasteiger partial charge in [0.2, 0.25) is 23.5 Å². The van der Waals surface area contributed by atoms with Gasteiger partial charge in [-0.1, -0.05) is 11.3 Å². The molecule has 2 heterocycles. The molecule has 3 saturated carbocycles. The molecule has 1 atom stereocenters. The molecular formula is C26H31N7O7S. The number of anilines is 2. The Morgan fingerprint density at radius 2 is 1.88 bits per heavy atom. The Kier molecular flexibility index (Phi) is 8.95. The van der Waals surface area contributed by atoms with Crippen LogP contribution in [0.25, 0.3) is 0 Å². The molecule has 2 aromatic rings. The van der Waals surface area contributed by atoms with Gasteiger partial charge in [-0.05, 0) is 50.7 Å². The second-order valence-electron chi connectivity index (χ2n) is 10.2. The number of carbonyl (C=O) groups is 6. The maximum Gasteiger partial charge on any atom is 0.287 e. The van der Waals surface area contributed by atoms with Gasteiger partial charge >= 0.3 is 0 Å². The van der Waals surface area contributed by atoms with Crippen molar-refractivity contribution >= 4 is 57.5 Å². The van der Waals surface area contributed by atoms with E-state index in [1.54, 1.807) is 6.92 Å². The number of aromatic nitrogens is 2. The maximum atomic E-state index is 13.2. The monoisotopic (exact) mass is 585 g/mol. The van der Waals surface area contributed by atoms with Crippen molar-refractivity contribution in [1.82, 2.24) is 25.5 Å². The van der Waals surface area contributed by atoms with Crippen LogP contribution in [0.15, 0.2) is 29.3 Å². The fourth-order valence-electron chi connectivity index (χ4n) is 4.83. The van der Waals surface area contributed by atoms with Gasteiger partial charge in [-0.15, -0.1) is 0 Å². The van der Waals surface area contributed by atoms with E-state index in [0.717, 1.165) is 30.6 Å². The molecule has 3 aliphatic rings. The molecule has 14 nitrogen and oxygen atoms in total. The van der Waals surface area contributed by atoms with Gasteiger partial charge in [0.05, 0.1) is 6.20 Å². The van der Waals surface area contributed by atoms with Crippen LogP contribution in [0, 0.1) is 5.92 Å². The number of ketones is 1. The molecule has 5 amide bonds. The van der Waals surface area contributed by atoms with Crippen molar-refractivity contribution < 1.29 is 28.8 Å². The summed E-state index contributed by atoms with van der Waals surface area (Å²) in [6.07, 6.45) is 4.91. The first-order valence-electron chi connectivity index (χ1n) is 13.1. The van der Waals surface area contributed by atoms with Crippen molar-refractivity contribution in [2.75, 3.05) is 17.2 Å². The van der Waals surface area contributed by atoms with Crippen molar-refractivity contribution in [2.24, 2.45) is 5.92 Å². The van der Waals surface area contributed by atoms with Gasteiger partial charge in [0.1, 0.15) is 23.2 Å². The minimum atomic E-state index is -1.31. The highest BCUT2D eigenvalue weighted by molar-refractivity contribution is 7.17. The standard InChI is InChI=1S/C26H31N7O7S/c1-3-27-22(38)18(35)7-6-16(30-23(39)19-12-28-25(41-19)29-14(2)34)21(37)31-17-5-4-8-33(24(17)40)13-20(36)32-26-9-15(10-26)11-26/h4-5,8,12,15-16H,3,6-7,9-11,13H2,1-2H3,(H,27,38)(H,30,39)(H,31,37)(H,32,36)(H,28,29,34)/t15?,16-,26?/m0/s1. The molecule has 5 N–H and O–H groups in total. The lowest BCUT2D eigenvalue weighted by molar-refractivity contribution is -0.138. The molecule has 0 aliphatic heterocycles. The molecule has 218 valence electrons. The molecule has 0 spiro atoms. The molecule has 0 radical (unpaired) electrons. The van der Waals surface area contributed by atoms with E-state index >= 15 is 0 Å². The fourth-order valence-corrected chi connectivity index (χ4v) is 5.60. The van der Waals surface area contributed by atoms with Crippen LogP contribution in [0.4, 0.5) is 10.8 Å². The normalized spacial score (nSPS) is 19.0. The minimum absolute atomic E-state index is 0.0818. The van der Waals surface area contributed by atoms with Crippen molar-refractivity contribution in [1.29, 1.82) is 0 Å². The van der Waals surface area contributed by atoms with Crippen molar-refractivity contribution in [3.8, 4) is 0 Å². The minimum Gasteiger partial charge on any atom is -0.350 e. The molecule has 3 fully saturated rings. The van der Waals surface area contributed by atoms with Gasteiger partial charge in [0.25, 0.3) is 17.4 Å². The molecular weight excluding hydrogens is 554 g/mol. The SMILES string of the molecule is CCNC(=O)C(=O)CC[C@H](NC(=O)c1cnc(NC(C)=O)s1)C(=O)Nc1cccn(CC(=O)NC23CC(C2)C3)c1=O. The zero-order chi connectivity index (χ0) is 29.7. The van der Waals surface area contributed by atoms with Gasteiger partial charge in [0, 0.05) is 31.6 Å². The van der Waals surface area contributed by atoms with Gasteiger partial charge < -0.3 is 31.2 Å². The zero-order valence-corrected chi connectivity index (χ0v) is 23.4. The van der Waals surface area contributed by atoms with Gasteiger partial charge in [-0.2, -0.15) is 0 Å². The fraction of sp³-hybridized carbons (Fsp3) is 0.462. The molecule has 0 saturated heterocycles. The highest BCUT2D eigenvalue weighted by Crippen LogP contribution is 2.56. The Bertz CT molecular complexity index is 1430. The number of hydrogen-bond donors (Lipinski definition) is 5. The third-order valence-corrected chi connectivity index (χ3v) is 7.83. The summed E-state index contributed by atoms with van der Waals surface area (Å²) >= 11 is 0.876. The molecule has 15 heteroatoms. The Hall–Kier alpha value is -4.40. The van der Waals surface area contributed by atoms with E-state index in [2.05, 4.69) is 31.6 Å². The van der Waals surface area contributed by atoms with Crippen LogP contribution in [0.5, 0.6) is 0 Å². The zero-order valence-electron chi connectivity index (χ0n) is 22.6. The van der Waals surface area contributed by atoms with Gasteiger partial charge in [0.15, 0.2) is 5.13 Å². The molecule has 3 aliphatic carbocycles. The number of Topliss-reactive ketones (excluding diaryl/α,β-unsaturated/α-hetero) is 1. The van der Waals surface area contributed by atoms with E-state index in [4.69, 9.17) is 0 Å². The average molecular weight is 586 g/mol. The quantitative estimate of drug-likeness (QED) is 0.205. The average Bonchev–Trinajstić information content (AvgIpc) is 3.33. The first-order chi connectivity index (χ1) is 19.5. The summed E-state index contributed by atoms with van der Waals surface area (Å²) in [5, 5.41) is 13.0. The van der Waals surface area contributed by atoms with Crippen LogP contribution in [0.1, 0.15) is 55.6 Å². The van der Waals surface area contributed by atoms with E-state index in [1.807, 2.05) is 0 Å². The van der Waals surface area contributed by atoms with Crippen LogP contribution in [-0.4, -0.2) is 63.0 Å². The van der Waals surface area contributed by atoms with Crippen LogP contribution < -0.4 is 32.1 Å². The first kappa shape index (κ1) is 29.6. The second-order valence-corrected chi connectivity index (χ2v) is 11.2. The summed E-state index contributed by atoms with van der Waals surface area (Å²) in [4.78, 5) is 91.0. The Balaban J connectivity index is 1.45. The van der Waals surface area contributed by atoms with E-state index in [-0.39, 0.29) is 59.0 Å². The van der Waals surface area contributed by atoms with Crippen LogP contribution in [0.2, 0.25) is 0 Å². The molecule has 0 unspecified atom stereocenters. The lowest BCUT2D eigenvalue weighted by Crippen LogP contribution is -2.68. The largest absolute Gasteiger partial charge is 0.350 e. The van der Waals surface area contributed by atoms with Crippen LogP contribution in [-0.2, 0) is 30.5 Å². The van der Waals surface area contributed by atoms with E-state index in [0.29, 0.717) is 5.92 Å². The third kappa shape index (κ3) is 7.22. The number of rotatable bonds is 13. The number of hydrogen-bond acceptors (Lipinski definition) is 9. The Morgan fingerprint density at radius 1 is 1.15 bits per heavy atom. The molecule has 2 bridgehead atoms. The van der Waals surface area contributed by atoms with E-state index in [1.165, 1.54) is 36.0 Å². The summed E-state index contributed by atoms with van der Waals surface area (Å²) < 4.78 is 1.17. The lowest BCUT2D eigenvalue weighted by Gasteiger charge is -2.61. The Labute approximate surface area is 238 Å². The van der Waals surface area contributed by atoms with Crippen molar-refractivity contribution in [3.05, 3.63) is 39.8 Å². The first-order valence-corrected chi connectivity index (χ1v) is 14.0. The number of amides is 5. The number of nitrogens with zero attached hydrogens (tertiary/aromatic N) is 2. The number of nitrogens with one attached hydrogen (secondary N) is 5. The van der Waals surface area contributed by atoms with Gasteiger partial charge in [-0.25, -0.2) is 4.98 Å². The molecule has 2 aromatic heterocycles. The Morgan fingerprint density at radius 3 is 2.51 bits per heavy atom. The third-order valence-electron chi connectivity index (χ3n) is 6.92. The molecule has 0 aromatic carbocycles. The summed E-state index contributed by atoms with van der Waals surface area (Å²) in [6, 6.07) is 1.54. The maximum absolute atomic E-state index is 13.2. The number of pyridine rings is 1. The second kappa shape index (κ2) is 12.4.